The zero-order chi connectivity index (χ0) is 14.1. The van der Waals surface area contributed by atoms with Crippen LogP contribution in [-0.2, 0) is 0 Å². The number of carbonyl (C=O) groups is 1. The molecule has 0 unspecified atom stereocenters. The third kappa shape index (κ3) is 2.37. The Morgan fingerprint density at radius 3 is 2.75 bits per heavy atom. The maximum atomic E-state index is 12.1. The zero-order valence-corrected chi connectivity index (χ0v) is 11.5. The summed E-state index contributed by atoms with van der Waals surface area (Å²) in [5.74, 6) is 0.679. The minimum Gasteiger partial charge on any atom is -0.454 e. The molecule has 102 valence electrons. The van der Waals surface area contributed by atoms with Crippen LogP contribution in [0, 0.1) is 0 Å². The van der Waals surface area contributed by atoms with Gasteiger partial charge in [-0.25, -0.2) is 4.98 Å². The van der Waals surface area contributed by atoms with E-state index in [-0.39, 0.29) is 17.5 Å². The first kappa shape index (κ1) is 13.0. The molecule has 20 heavy (non-hydrogen) atoms. The number of rotatable bonds is 2. The molecule has 5 nitrogen and oxygen atoms in total. The number of fused-ring (bicyclic) bond motifs is 1. The number of pyridine rings is 1. The first-order valence-corrected chi connectivity index (χ1v) is 6.42. The van der Waals surface area contributed by atoms with Gasteiger partial charge in [-0.2, -0.15) is 0 Å². The van der Waals surface area contributed by atoms with Crippen molar-refractivity contribution in [1.29, 1.82) is 0 Å². The number of benzene rings is 1. The number of carbonyl (C=O) groups excluding carboxylic acids is 1. The third-order valence-electron chi connectivity index (χ3n) is 2.71. The second-order valence-corrected chi connectivity index (χ2v) is 4.75. The van der Waals surface area contributed by atoms with E-state index in [1.54, 1.807) is 24.3 Å². The van der Waals surface area contributed by atoms with Gasteiger partial charge in [0, 0.05) is 18.3 Å². The van der Waals surface area contributed by atoms with Crippen LogP contribution in [0.1, 0.15) is 10.4 Å². The molecule has 0 saturated carbocycles. The van der Waals surface area contributed by atoms with E-state index in [0.717, 1.165) is 0 Å². The number of ether oxygens (including phenoxy) is 2. The number of amides is 1. The van der Waals surface area contributed by atoms with E-state index >= 15 is 0 Å². The van der Waals surface area contributed by atoms with E-state index < -0.39 is 5.91 Å². The summed E-state index contributed by atoms with van der Waals surface area (Å²) in [6, 6.07) is 6.39. The maximum Gasteiger partial charge on any atom is 0.258 e. The number of halogens is 2. The molecular formula is C13H8Cl2N2O3. The quantitative estimate of drug-likeness (QED) is 0.864. The maximum absolute atomic E-state index is 12.1. The lowest BCUT2D eigenvalue weighted by Gasteiger charge is -2.09. The van der Waals surface area contributed by atoms with Crippen molar-refractivity contribution in [2.75, 3.05) is 12.1 Å². The molecule has 7 heteroatoms. The number of hydrogen-bond acceptors (Lipinski definition) is 4. The predicted molar refractivity (Wildman–Crippen MR) is 74.8 cm³/mol. The predicted octanol–water partition coefficient (Wildman–Crippen LogP) is 3.37. The summed E-state index contributed by atoms with van der Waals surface area (Å²) in [7, 11) is 0. The first-order chi connectivity index (χ1) is 9.65. The molecule has 0 bridgehead atoms. The normalized spacial score (nSPS) is 12.3. The second-order valence-electron chi connectivity index (χ2n) is 3.98. The van der Waals surface area contributed by atoms with Crippen molar-refractivity contribution < 1.29 is 14.3 Å². The summed E-state index contributed by atoms with van der Waals surface area (Å²) in [6.07, 6.45) is 1.51. The fraction of sp³-hybridized carbons (Fsp3) is 0.0769. The highest BCUT2D eigenvalue weighted by molar-refractivity contribution is 6.35. The van der Waals surface area contributed by atoms with E-state index in [9.17, 15) is 4.79 Å². The monoisotopic (exact) mass is 310 g/mol. The summed E-state index contributed by atoms with van der Waals surface area (Å²) >= 11 is 11.9. The molecule has 3 rings (SSSR count). The van der Waals surface area contributed by atoms with Crippen LogP contribution in [0.5, 0.6) is 11.5 Å². The molecule has 0 saturated heterocycles. The molecule has 1 amide bonds. The van der Waals surface area contributed by atoms with E-state index in [1.165, 1.54) is 6.20 Å². The van der Waals surface area contributed by atoms with Gasteiger partial charge >= 0.3 is 0 Å². The largest absolute Gasteiger partial charge is 0.454 e. The van der Waals surface area contributed by atoms with E-state index in [0.29, 0.717) is 22.2 Å². The first-order valence-electron chi connectivity index (χ1n) is 5.66. The van der Waals surface area contributed by atoms with Gasteiger partial charge in [0.1, 0.15) is 5.15 Å². The molecule has 1 aromatic carbocycles. The molecule has 0 fully saturated rings. The zero-order valence-electron chi connectivity index (χ0n) is 10.0. The van der Waals surface area contributed by atoms with Gasteiger partial charge in [0.05, 0.1) is 16.3 Å². The van der Waals surface area contributed by atoms with Crippen molar-refractivity contribution in [3.05, 3.63) is 46.2 Å². The second kappa shape index (κ2) is 5.19. The van der Waals surface area contributed by atoms with Crippen LogP contribution in [0.4, 0.5) is 5.69 Å². The summed E-state index contributed by atoms with van der Waals surface area (Å²) in [4.78, 5) is 16.0. The third-order valence-corrected chi connectivity index (χ3v) is 3.33. The highest BCUT2D eigenvalue weighted by Crippen LogP contribution is 2.39. The van der Waals surface area contributed by atoms with Crippen LogP contribution in [0.2, 0.25) is 10.2 Å². The van der Waals surface area contributed by atoms with Crippen LogP contribution in [0.25, 0.3) is 0 Å². The van der Waals surface area contributed by atoms with Gasteiger partial charge in [0.15, 0.2) is 11.5 Å². The van der Waals surface area contributed by atoms with Crippen LogP contribution in [-0.4, -0.2) is 17.7 Å². The Kier molecular flexibility index (Phi) is 3.38. The summed E-state index contributed by atoms with van der Waals surface area (Å²) < 4.78 is 10.4. The van der Waals surface area contributed by atoms with Crippen molar-refractivity contribution >= 4 is 34.8 Å². The summed E-state index contributed by atoms with van der Waals surface area (Å²) in [5.41, 5.74) is 0.684. The van der Waals surface area contributed by atoms with Crippen molar-refractivity contribution in [2.45, 2.75) is 0 Å². The average molecular weight is 311 g/mol. The van der Waals surface area contributed by atoms with Crippen LogP contribution in [0.3, 0.4) is 0 Å². The fourth-order valence-corrected chi connectivity index (χ4v) is 2.16. The molecule has 0 spiro atoms. The lowest BCUT2D eigenvalue weighted by Crippen LogP contribution is -2.13. The Balaban J connectivity index is 1.88. The van der Waals surface area contributed by atoms with Crippen molar-refractivity contribution in [2.24, 2.45) is 0 Å². The minimum atomic E-state index is -0.399. The van der Waals surface area contributed by atoms with E-state index in [1.807, 2.05) is 0 Å². The molecular weight excluding hydrogens is 303 g/mol. The SMILES string of the molecule is O=C(Nc1cc2c(cc1Cl)OCO2)c1cccnc1Cl. The lowest BCUT2D eigenvalue weighted by atomic mass is 10.2. The summed E-state index contributed by atoms with van der Waals surface area (Å²) in [6.45, 7) is 0.136. The molecule has 1 N–H and O–H groups in total. The molecule has 2 aromatic rings. The smallest absolute Gasteiger partial charge is 0.258 e. The Morgan fingerprint density at radius 1 is 1.25 bits per heavy atom. The van der Waals surface area contributed by atoms with Gasteiger partial charge in [-0.3, -0.25) is 4.79 Å². The van der Waals surface area contributed by atoms with Gasteiger partial charge in [0.2, 0.25) is 6.79 Å². The highest BCUT2D eigenvalue weighted by atomic mass is 35.5. The number of anilines is 1. The Hall–Kier alpha value is -1.98. The average Bonchev–Trinajstić information content (AvgIpc) is 2.86. The topological polar surface area (TPSA) is 60.5 Å². The summed E-state index contributed by atoms with van der Waals surface area (Å²) in [5, 5.41) is 3.14. The number of nitrogens with zero attached hydrogens (tertiary/aromatic N) is 1. The molecule has 0 aliphatic carbocycles. The van der Waals surface area contributed by atoms with Gasteiger partial charge in [-0.1, -0.05) is 23.2 Å². The van der Waals surface area contributed by atoms with Gasteiger partial charge in [0.25, 0.3) is 5.91 Å². The van der Waals surface area contributed by atoms with Crippen LogP contribution in [0.15, 0.2) is 30.5 Å². The van der Waals surface area contributed by atoms with Crippen molar-refractivity contribution in [3.63, 3.8) is 0 Å². The van der Waals surface area contributed by atoms with Gasteiger partial charge in [-0.15, -0.1) is 0 Å². The molecule has 1 aliphatic rings. The Labute approximate surface area is 124 Å². The molecule has 1 aliphatic heterocycles. The lowest BCUT2D eigenvalue weighted by molar-refractivity contribution is 0.102. The fourth-order valence-electron chi connectivity index (χ4n) is 1.76. The number of hydrogen-bond donors (Lipinski definition) is 1. The van der Waals surface area contributed by atoms with Gasteiger partial charge < -0.3 is 14.8 Å². The molecule has 2 heterocycles. The number of nitrogens with one attached hydrogen (secondary N) is 1. The van der Waals surface area contributed by atoms with Gasteiger partial charge in [-0.05, 0) is 12.1 Å². The Bertz CT molecular complexity index is 691. The highest BCUT2D eigenvalue weighted by Gasteiger charge is 2.19. The molecule has 0 radical (unpaired) electrons. The number of aromatic nitrogens is 1. The van der Waals surface area contributed by atoms with E-state index in [2.05, 4.69) is 10.3 Å². The Morgan fingerprint density at radius 2 is 2.00 bits per heavy atom. The van der Waals surface area contributed by atoms with Crippen LogP contribution >= 0.6 is 23.2 Å². The van der Waals surface area contributed by atoms with Crippen molar-refractivity contribution in [1.82, 2.24) is 4.98 Å². The van der Waals surface area contributed by atoms with Crippen molar-refractivity contribution in [3.8, 4) is 11.5 Å². The molecule has 0 atom stereocenters. The molecule has 1 aromatic heterocycles. The standard InChI is InChI=1S/C13H8Cl2N2O3/c14-8-4-10-11(20-6-19-10)5-9(8)17-13(18)7-2-1-3-16-12(7)15/h1-5H,6H2,(H,17,18). The van der Waals surface area contributed by atoms with E-state index in [4.69, 9.17) is 32.7 Å². The minimum absolute atomic E-state index is 0.127. The van der Waals surface area contributed by atoms with Crippen LogP contribution < -0.4 is 14.8 Å².